The second-order valence-electron chi connectivity index (χ2n) is 4.18. The summed E-state index contributed by atoms with van der Waals surface area (Å²) in [5, 5.41) is 14.0. The van der Waals surface area contributed by atoms with Crippen molar-refractivity contribution in [2.24, 2.45) is 0 Å². The zero-order chi connectivity index (χ0) is 13.6. The third-order valence-electron chi connectivity index (χ3n) is 2.96. The predicted octanol–water partition coefficient (Wildman–Crippen LogP) is 3.09. The Labute approximate surface area is 112 Å². The number of aromatic nitrogens is 2. The molecule has 0 unspecified atom stereocenters. The summed E-state index contributed by atoms with van der Waals surface area (Å²) in [5.41, 5.74) is 9.09. The number of aromatic amines is 1. The van der Waals surface area contributed by atoms with Crippen LogP contribution in [-0.2, 0) is 0 Å². The van der Waals surface area contributed by atoms with Crippen LogP contribution in [0.3, 0.4) is 0 Å². The minimum Gasteiger partial charge on any atom is -0.375 e. The Kier molecular flexibility index (Phi) is 2.49. The van der Waals surface area contributed by atoms with Gasteiger partial charge in [-0.1, -0.05) is 0 Å². The molecule has 3 N–H and O–H groups in total. The highest BCUT2D eigenvalue weighted by atomic mass is 32.1. The van der Waals surface area contributed by atoms with E-state index in [9.17, 15) is 10.1 Å². The van der Waals surface area contributed by atoms with Gasteiger partial charge in [0.25, 0.3) is 5.69 Å². The number of nitrogen functional groups attached to an aromatic ring is 1. The summed E-state index contributed by atoms with van der Waals surface area (Å²) < 4.78 is 0. The van der Waals surface area contributed by atoms with Crippen molar-refractivity contribution in [2.45, 2.75) is 6.92 Å². The molecule has 0 aliphatic carbocycles. The molecule has 0 saturated heterocycles. The van der Waals surface area contributed by atoms with Crippen LogP contribution in [-0.4, -0.2) is 14.9 Å². The lowest BCUT2D eigenvalue weighted by Gasteiger charge is -1.97. The van der Waals surface area contributed by atoms with Crippen molar-refractivity contribution in [1.82, 2.24) is 9.97 Å². The number of non-ortho nitro benzene ring substituents is 1. The summed E-state index contributed by atoms with van der Waals surface area (Å²) in [7, 11) is 0. The van der Waals surface area contributed by atoms with Gasteiger partial charge in [0.05, 0.1) is 10.6 Å². The third kappa shape index (κ3) is 1.84. The zero-order valence-electron chi connectivity index (χ0n) is 10.0. The van der Waals surface area contributed by atoms with E-state index in [0.29, 0.717) is 5.13 Å². The van der Waals surface area contributed by atoms with Crippen molar-refractivity contribution in [3.8, 4) is 11.3 Å². The molecule has 19 heavy (non-hydrogen) atoms. The molecule has 0 spiro atoms. The molecule has 0 radical (unpaired) electrons. The molecule has 1 aromatic carbocycles. The molecule has 2 aromatic heterocycles. The smallest absolute Gasteiger partial charge is 0.270 e. The van der Waals surface area contributed by atoms with Crippen molar-refractivity contribution in [1.29, 1.82) is 0 Å². The van der Waals surface area contributed by atoms with Crippen molar-refractivity contribution >= 4 is 33.1 Å². The largest absolute Gasteiger partial charge is 0.375 e. The fraction of sp³-hybridized carbons (Fsp3) is 0.0833. The summed E-state index contributed by atoms with van der Waals surface area (Å²) in [6.07, 6.45) is 0. The van der Waals surface area contributed by atoms with Crippen LogP contribution in [0.15, 0.2) is 23.6 Å². The van der Waals surface area contributed by atoms with E-state index in [1.54, 1.807) is 12.1 Å². The van der Waals surface area contributed by atoms with Gasteiger partial charge in [0.15, 0.2) is 5.13 Å². The molecular formula is C12H10N4O2S. The number of nitrogens with one attached hydrogen (secondary N) is 1. The van der Waals surface area contributed by atoms with Crippen molar-refractivity contribution in [2.75, 3.05) is 5.73 Å². The van der Waals surface area contributed by atoms with Gasteiger partial charge in [-0.2, -0.15) is 0 Å². The highest BCUT2D eigenvalue weighted by molar-refractivity contribution is 7.13. The maximum absolute atomic E-state index is 10.9. The van der Waals surface area contributed by atoms with E-state index >= 15 is 0 Å². The first kappa shape index (κ1) is 11.7. The number of rotatable bonds is 2. The predicted molar refractivity (Wildman–Crippen MR) is 75.2 cm³/mol. The van der Waals surface area contributed by atoms with E-state index in [2.05, 4.69) is 9.97 Å². The first-order valence-corrected chi connectivity index (χ1v) is 6.42. The summed E-state index contributed by atoms with van der Waals surface area (Å²) in [6.45, 7) is 1.91. The molecule has 96 valence electrons. The number of anilines is 1. The Morgan fingerprint density at radius 1 is 1.47 bits per heavy atom. The molecule has 0 aliphatic rings. The van der Waals surface area contributed by atoms with E-state index in [-0.39, 0.29) is 5.69 Å². The molecule has 0 aliphatic heterocycles. The van der Waals surface area contributed by atoms with Crippen LogP contribution in [0, 0.1) is 17.0 Å². The number of hydrogen-bond donors (Lipinski definition) is 2. The van der Waals surface area contributed by atoms with Gasteiger partial charge in [-0.15, -0.1) is 11.3 Å². The van der Waals surface area contributed by atoms with Crippen LogP contribution in [0.1, 0.15) is 5.69 Å². The fourth-order valence-corrected chi connectivity index (χ4v) is 2.71. The van der Waals surface area contributed by atoms with Crippen LogP contribution in [0.5, 0.6) is 0 Å². The summed E-state index contributed by atoms with van der Waals surface area (Å²) >= 11 is 1.35. The SMILES string of the molecule is Cc1[nH]c2ccc([N+](=O)[O-])cc2c1-c1csc(N)n1. The zero-order valence-corrected chi connectivity index (χ0v) is 10.8. The standard InChI is InChI=1S/C12H10N4O2S/c1-6-11(10-5-19-12(13)15-10)8-4-7(16(17)18)2-3-9(8)14-6/h2-5,14H,1H3,(H2,13,15). The Morgan fingerprint density at radius 3 is 2.89 bits per heavy atom. The topological polar surface area (TPSA) is 97.8 Å². The molecule has 2 heterocycles. The first-order valence-electron chi connectivity index (χ1n) is 5.54. The number of aryl methyl sites for hydroxylation is 1. The maximum atomic E-state index is 10.9. The van der Waals surface area contributed by atoms with Crippen LogP contribution >= 0.6 is 11.3 Å². The van der Waals surface area contributed by atoms with E-state index in [1.165, 1.54) is 17.4 Å². The van der Waals surface area contributed by atoms with Crippen LogP contribution in [0.25, 0.3) is 22.2 Å². The Morgan fingerprint density at radius 2 is 2.26 bits per heavy atom. The van der Waals surface area contributed by atoms with Crippen molar-refractivity contribution < 1.29 is 4.92 Å². The van der Waals surface area contributed by atoms with E-state index < -0.39 is 4.92 Å². The highest BCUT2D eigenvalue weighted by Crippen LogP contribution is 2.34. The molecule has 6 nitrogen and oxygen atoms in total. The number of hydrogen-bond acceptors (Lipinski definition) is 5. The van der Waals surface area contributed by atoms with Crippen molar-refractivity contribution in [3.05, 3.63) is 39.4 Å². The normalized spacial score (nSPS) is 11.0. The average molecular weight is 274 g/mol. The molecular weight excluding hydrogens is 264 g/mol. The first-order chi connectivity index (χ1) is 9.06. The molecule has 3 aromatic rings. The van der Waals surface area contributed by atoms with E-state index in [1.807, 2.05) is 12.3 Å². The lowest BCUT2D eigenvalue weighted by Crippen LogP contribution is -1.87. The number of nitro benzene ring substituents is 1. The van der Waals surface area contributed by atoms with Crippen LogP contribution in [0.4, 0.5) is 10.8 Å². The number of thiazole rings is 1. The van der Waals surface area contributed by atoms with Gasteiger partial charge < -0.3 is 10.7 Å². The molecule has 0 bridgehead atoms. The van der Waals surface area contributed by atoms with Gasteiger partial charge in [0.1, 0.15) is 0 Å². The van der Waals surface area contributed by atoms with Gasteiger partial charge in [0, 0.05) is 39.7 Å². The summed E-state index contributed by atoms with van der Waals surface area (Å²) in [6, 6.07) is 4.75. The second kappa shape index (κ2) is 4.06. The highest BCUT2D eigenvalue weighted by Gasteiger charge is 2.16. The lowest BCUT2D eigenvalue weighted by atomic mass is 10.1. The van der Waals surface area contributed by atoms with E-state index in [0.717, 1.165) is 27.9 Å². The van der Waals surface area contributed by atoms with Gasteiger partial charge in [0.2, 0.25) is 0 Å². The summed E-state index contributed by atoms with van der Waals surface area (Å²) in [4.78, 5) is 17.9. The molecule has 0 atom stereocenters. The number of benzene rings is 1. The minimum absolute atomic E-state index is 0.0657. The quantitative estimate of drug-likeness (QED) is 0.554. The molecule has 0 saturated carbocycles. The fourth-order valence-electron chi connectivity index (χ4n) is 2.16. The minimum atomic E-state index is -0.402. The van der Waals surface area contributed by atoms with Gasteiger partial charge in [-0.05, 0) is 13.0 Å². The molecule has 0 amide bonds. The van der Waals surface area contributed by atoms with Gasteiger partial charge >= 0.3 is 0 Å². The van der Waals surface area contributed by atoms with Gasteiger partial charge in [-0.25, -0.2) is 4.98 Å². The van der Waals surface area contributed by atoms with Crippen LogP contribution < -0.4 is 5.73 Å². The number of nitro groups is 1. The summed E-state index contributed by atoms with van der Waals surface area (Å²) in [5.74, 6) is 0. The third-order valence-corrected chi connectivity index (χ3v) is 3.63. The number of nitrogens with two attached hydrogens (primary N) is 1. The maximum Gasteiger partial charge on any atom is 0.270 e. The van der Waals surface area contributed by atoms with Gasteiger partial charge in [-0.3, -0.25) is 10.1 Å². The molecule has 3 rings (SSSR count). The van der Waals surface area contributed by atoms with Crippen LogP contribution in [0.2, 0.25) is 0 Å². The number of fused-ring (bicyclic) bond motifs is 1. The monoisotopic (exact) mass is 274 g/mol. The van der Waals surface area contributed by atoms with E-state index in [4.69, 9.17) is 5.73 Å². The Hall–Kier alpha value is -2.41. The lowest BCUT2D eigenvalue weighted by molar-refractivity contribution is -0.384. The number of nitrogens with zero attached hydrogens (tertiary/aromatic N) is 2. The Bertz CT molecular complexity index is 790. The number of H-pyrrole nitrogens is 1. The van der Waals surface area contributed by atoms with Crippen molar-refractivity contribution in [3.63, 3.8) is 0 Å². The average Bonchev–Trinajstić information content (AvgIpc) is 2.90. The molecule has 7 heteroatoms. The second-order valence-corrected chi connectivity index (χ2v) is 5.07. The molecule has 0 fully saturated rings. The Balaban J connectivity index is 2.31.